The molecule has 2 rings (SSSR count). The fourth-order valence-electron chi connectivity index (χ4n) is 2.79. The van der Waals surface area contributed by atoms with Crippen LogP contribution in [0.2, 0.25) is 0 Å². The maximum absolute atomic E-state index is 12.7. The maximum atomic E-state index is 12.7. The van der Waals surface area contributed by atoms with E-state index in [1.54, 1.807) is 16.7 Å². The SMILES string of the molecule is CCCCCCCCCCS(=O)(=O)c1c(N)csc1-c1cccs1. The molecule has 2 heterocycles. The Morgan fingerprint density at radius 3 is 2.29 bits per heavy atom. The van der Waals surface area contributed by atoms with Gasteiger partial charge in [0, 0.05) is 10.3 Å². The van der Waals surface area contributed by atoms with E-state index in [0.717, 1.165) is 29.0 Å². The standard InChI is InChI=1S/C18H27NO2S3/c1-2-3-4-5-6-7-8-9-13-24(20,21)18-15(19)14-23-17(18)16-11-10-12-22-16/h10-12,14H,2-9,13,19H2,1H3. The summed E-state index contributed by atoms with van der Waals surface area (Å²) in [5, 5.41) is 3.70. The minimum atomic E-state index is -3.31. The molecule has 0 aromatic carbocycles. The lowest BCUT2D eigenvalue weighted by molar-refractivity contribution is 0.573. The second-order valence-corrected chi connectivity index (χ2v) is 9.99. The Morgan fingerprint density at radius 2 is 1.67 bits per heavy atom. The van der Waals surface area contributed by atoms with E-state index in [-0.39, 0.29) is 5.75 Å². The number of unbranched alkanes of at least 4 members (excludes halogenated alkanes) is 7. The van der Waals surface area contributed by atoms with Crippen LogP contribution in [-0.4, -0.2) is 14.2 Å². The molecule has 0 amide bonds. The second-order valence-electron chi connectivity index (χ2n) is 6.12. The minimum Gasteiger partial charge on any atom is -0.397 e. The third kappa shape index (κ3) is 5.33. The highest BCUT2D eigenvalue weighted by molar-refractivity contribution is 7.91. The van der Waals surface area contributed by atoms with E-state index < -0.39 is 9.84 Å². The lowest BCUT2D eigenvalue weighted by Gasteiger charge is -2.07. The number of hydrogen-bond acceptors (Lipinski definition) is 5. The lowest BCUT2D eigenvalue weighted by atomic mass is 10.1. The Hall–Kier alpha value is -0.850. The Balaban J connectivity index is 1.89. The molecular formula is C18H27NO2S3. The van der Waals surface area contributed by atoms with Crippen molar-refractivity contribution in [3.63, 3.8) is 0 Å². The van der Waals surface area contributed by atoms with Gasteiger partial charge in [0.05, 0.1) is 16.3 Å². The first-order chi connectivity index (χ1) is 11.6. The molecule has 0 aliphatic heterocycles. The predicted molar refractivity (Wildman–Crippen MR) is 107 cm³/mol. The quantitative estimate of drug-likeness (QED) is 0.484. The molecule has 2 aromatic rings. The average molecular weight is 386 g/mol. The molecule has 0 aliphatic carbocycles. The van der Waals surface area contributed by atoms with Gasteiger partial charge in [-0.15, -0.1) is 22.7 Å². The highest BCUT2D eigenvalue weighted by Crippen LogP contribution is 2.40. The molecule has 0 bridgehead atoms. The van der Waals surface area contributed by atoms with Crippen LogP contribution in [0.1, 0.15) is 58.3 Å². The fourth-order valence-corrected chi connectivity index (χ4v) is 6.78. The summed E-state index contributed by atoms with van der Waals surface area (Å²) in [5.74, 6) is 0.196. The van der Waals surface area contributed by atoms with Crippen molar-refractivity contribution in [3.05, 3.63) is 22.9 Å². The summed E-state index contributed by atoms with van der Waals surface area (Å²) in [7, 11) is -3.31. The number of thiophene rings is 2. The summed E-state index contributed by atoms with van der Waals surface area (Å²) in [6.07, 6.45) is 9.14. The minimum absolute atomic E-state index is 0.196. The number of anilines is 1. The number of nitrogen functional groups attached to an aromatic ring is 1. The van der Waals surface area contributed by atoms with E-state index in [4.69, 9.17) is 5.73 Å². The summed E-state index contributed by atoms with van der Waals surface area (Å²) in [6, 6.07) is 3.89. The van der Waals surface area contributed by atoms with Crippen LogP contribution < -0.4 is 5.73 Å². The number of hydrogen-bond donors (Lipinski definition) is 1. The predicted octanol–water partition coefficient (Wildman–Crippen LogP) is 5.97. The molecule has 134 valence electrons. The van der Waals surface area contributed by atoms with E-state index >= 15 is 0 Å². The molecule has 3 nitrogen and oxygen atoms in total. The maximum Gasteiger partial charge on any atom is 0.181 e. The summed E-state index contributed by atoms with van der Waals surface area (Å²) in [5.41, 5.74) is 6.36. The zero-order valence-electron chi connectivity index (χ0n) is 14.3. The Labute approximate surface area is 153 Å². The van der Waals surface area contributed by atoms with Crippen LogP contribution in [0.15, 0.2) is 27.8 Å². The molecule has 6 heteroatoms. The van der Waals surface area contributed by atoms with Crippen LogP contribution in [-0.2, 0) is 9.84 Å². The van der Waals surface area contributed by atoms with Gasteiger partial charge in [-0.2, -0.15) is 0 Å². The van der Waals surface area contributed by atoms with Crippen molar-refractivity contribution in [2.45, 2.75) is 63.2 Å². The van der Waals surface area contributed by atoms with E-state index in [1.807, 2.05) is 17.5 Å². The van der Waals surface area contributed by atoms with Gasteiger partial charge >= 0.3 is 0 Å². The highest BCUT2D eigenvalue weighted by atomic mass is 32.2. The Morgan fingerprint density at radius 1 is 1.00 bits per heavy atom. The zero-order valence-corrected chi connectivity index (χ0v) is 16.7. The monoisotopic (exact) mass is 385 g/mol. The molecule has 0 spiro atoms. The summed E-state index contributed by atoms with van der Waals surface area (Å²) in [4.78, 5) is 2.12. The van der Waals surface area contributed by atoms with Crippen LogP contribution in [0.4, 0.5) is 5.69 Å². The fraction of sp³-hybridized carbons (Fsp3) is 0.556. The first-order valence-electron chi connectivity index (χ1n) is 8.70. The van der Waals surface area contributed by atoms with Crippen molar-refractivity contribution in [2.75, 3.05) is 11.5 Å². The smallest absolute Gasteiger partial charge is 0.181 e. The van der Waals surface area contributed by atoms with Crippen LogP contribution in [0, 0.1) is 0 Å². The van der Waals surface area contributed by atoms with Crippen molar-refractivity contribution >= 4 is 38.2 Å². The molecule has 0 fully saturated rings. The number of sulfone groups is 1. The van der Waals surface area contributed by atoms with E-state index in [0.29, 0.717) is 10.6 Å². The van der Waals surface area contributed by atoms with E-state index in [9.17, 15) is 8.42 Å². The van der Waals surface area contributed by atoms with Crippen LogP contribution in [0.5, 0.6) is 0 Å². The Kier molecular flexibility index (Phi) is 7.78. The largest absolute Gasteiger partial charge is 0.397 e. The molecule has 0 aliphatic rings. The number of nitrogens with two attached hydrogens (primary N) is 1. The average Bonchev–Trinajstić information content (AvgIpc) is 3.19. The van der Waals surface area contributed by atoms with Gasteiger partial charge in [0.25, 0.3) is 0 Å². The molecular weight excluding hydrogens is 358 g/mol. The molecule has 0 saturated heterocycles. The third-order valence-electron chi connectivity index (χ3n) is 4.09. The van der Waals surface area contributed by atoms with Crippen LogP contribution in [0.3, 0.4) is 0 Å². The van der Waals surface area contributed by atoms with Crippen LogP contribution in [0.25, 0.3) is 9.75 Å². The number of rotatable bonds is 11. The summed E-state index contributed by atoms with van der Waals surface area (Å²) in [6.45, 7) is 2.21. The van der Waals surface area contributed by atoms with Gasteiger partial charge in [0.1, 0.15) is 4.90 Å². The normalized spacial score (nSPS) is 11.9. The van der Waals surface area contributed by atoms with E-state index in [1.165, 1.54) is 43.4 Å². The van der Waals surface area contributed by atoms with Crippen molar-refractivity contribution in [1.82, 2.24) is 0 Å². The molecule has 2 aromatic heterocycles. The van der Waals surface area contributed by atoms with Crippen molar-refractivity contribution in [3.8, 4) is 9.75 Å². The summed E-state index contributed by atoms with van der Waals surface area (Å²) < 4.78 is 25.5. The van der Waals surface area contributed by atoms with Gasteiger partial charge in [-0.3, -0.25) is 0 Å². The molecule has 0 atom stereocenters. The third-order valence-corrected chi connectivity index (χ3v) is 8.16. The summed E-state index contributed by atoms with van der Waals surface area (Å²) >= 11 is 2.97. The lowest BCUT2D eigenvalue weighted by Crippen LogP contribution is -2.09. The second kappa shape index (κ2) is 9.59. The van der Waals surface area contributed by atoms with Gasteiger partial charge in [-0.25, -0.2) is 8.42 Å². The van der Waals surface area contributed by atoms with Crippen molar-refractivity contribution < 1.29 is 8.42 Å². The van der Waals surface area contributed by atoms with Crippen molar-refractivity contribution in [2.24, 2.45) is 0 Å². The topological polar surface area (TPSA) is 60.2 Å². The van der Waals surface area contributed by atoms with Crippen LogP contribution >= 0.6 is 22.7 Å². The first-order valence-corrected chi connectivity index (χ1v) is 12.1. The molecule has 0 saturated carbocycles. The van der Waals surface area contributed by atoms with Gasteiger partial charge in [0.2, 0.25) is 0 Å². The zero-order chi connectivity index (χ0) is 17.4. The highest BCUT2D eigenvalue weighted by Gasteiger charge is 2.24. The van der Waals surface area contributed by atoms with Gasteiger partial charge in [0.15, 0.2) is 9.84 Å². The van der Waals surface area contributed by atoms with E-state index in [2.05, 4.69) is 6.92 Å². The van der Waals surface area contributed by atoms with Gasteiger partial charge in [-0.1, -0.05) is 57.9 Å². The molecule has 0 radical (unpaired) electrons. The van der Waals surface area contributed by atoms with Crippen molar-refractivity contribution in [1.29, 1.82) is 0 Å². The molecule has 2 N–H and O–H groups in total. The molecule has 24 heavy (non-hydrogen) atoms. The Bertz CT molecular complexity index is 703. The van der Waals surface area contributed by atoms with Gasteiger partial charge in [-0.05, 0) is 17.9 Å². The van der Waals surface area contributed by atoms with Gasteiger partial charge < -0.3 is 5.73 Å². The molecule has 0 unspecified atom stereocenters. The first kappa shape index (κ1) is 19.5.